The summed E-state index contributed by atoms with van der Waals surface area (Å²) in [5.74, 6) is 0.878. The molecule has 0 saturated heterocycles. The van der Waals surface area contributed by atoms with E-state index in [-0.39, 0.29) is 0 Å². The second kappa shape index (κ2) is 5.19. The van der Waals surface area contributed by atoms with Crippen molar-refractivity contribution in [3.63, 3.8) is 0 Å². The maximum absolute atomic E-state index is 9.60. The molecule has 1 heterocycles. The number of benzene rings is 1. The van der Waals surface area contributed by atoms with Crippen LogP contribution in [0.4, 0.5) is 11.5 Å². The summed E-state index contributed by atoms with van der Waals surface area (Å²) in [4.78, 5) is 6.43. The molecule has 0 aliphatic heterocycles. The van der Waals surface area contributed by atoms with E-state index in [1.165, 1.54) is 0 Å². The van der Waals surface area contributed by atoms with Crippen molar-refractivity contribution >= 4 is 11.5 Å². The summed E-state index contributed by atoms with van der Waals surface area (Å²) in [6.07, 6.45) is 1.27. The van der Waals surface area contributed by atoms with Crippen LogP contribution in [0.3, 0.4) is 0 Å². The molecule has 0 amide bonds. The Morgan fingerprint density at radius 2 is 1.89 bits per heavy atom. The van der Waals surface area contributed by atoms with Crippen LogP contribution >= 0.6 is 0 Å². The van der Waals surface area contributed by atoms with Gasteiger partial charge < -0.3 is 10.0 Å². The highest BCUT2D eigenvalue weighted by molar-refractivity contribution is 5.59. The second-order valence-electron chi connectivity index (χ2n) is 4.47. The number of pyridine rings is 1. The highest BCUT2D eigenvalue weighted by atomic mass is 16.3. The number of aryl methyl sites for hydroxylation is 1. The van der Waals surface area contributed by atoms with Gasteiger partial charge in [0.15, 0.2) is 0 Å². The lowest BCUT2D eigenvalue weighted by Gasteiger charge is -2.20. The number of aliphatic hydroxyl groups excluding tert-OH is 1. The molecule has 2 rings (SSSR count). The third-order valence-corrected chi connectivity index (χ3v) is 3.07. The average Bonchev–Trinajstić information content (AvgIpc) is 2.38. The van der Waals surface area contributed by atoms with Crippen molar-refractivity contribution < 1.29 is 5.11 Å². The van der Waals surface area contributed by atoms with Gasteiger partial charge in [-0.25, -0.2) is 4.98 Å². The number of anilines is 2. The van der Waals surface area contributed by atoms with Crippen molar-refractivity contribution in [3.05, 3.63) is 53.7 Å². The molecule has 0 aliphatic carbocycles. The Kier molecular flexibility index (Phi) is 3.63. The lowest BCUT2D eigenvalue weighted by atomic mass is 10.1. The van der Waals surface area contributed by atoms with Crippen molar-refractivity contribution in [1.82, 2.24) is 4.98 Å². The minimum atomic E-state index is -0.478. The summed E-state index contributed by atoms with van der Waals surface area (Å²) in [5, 5.41) is 9.60. The normalized spacial score (nSPS) is 12.2. The minimum absolute atomic E-state index is 0.478. The monoisotopic (exact) mass is 242 g/mol. The molecule has 1 aromatic carbocycles. The van der Waals surface area contributed by atoms with E-state index < -0.39 is 6.10 Å². The van der Waals surface area contributed by atoms with Crippen molar-refractivity contribution in [3.8, 4) is 0 Å². The first-order valence-electron chi connectivity index (χ1n) is 6.03. The van der Waals surface area contributed by atoms with Gasteiger partial charge in [-0.05, 0) is 37.6 Å². The molecule has 0 aliphatic rings. The van der Waals surface area contributed by atoms with Crippen molar-refractivity contribution in [2.75, 3.05) is 11.9 Å². The molecule has 0 saturated carbocycles. The van der Waals surface area contributed by atoms with Crippen LogP contribution in [0.1, 0.15) is 24.2 Å². The van der Waals surface area contributed by atoms with Crippen LogP contribution in [0.25, 0.3) is 0 Å². The summed E-state index contributed by atoms with van der Waals surface area (Å²) in [6.45, 7) is 3.75. The first-order chi connectivity index (χ1) is 8.59. The molecule has 1 N–H and O–H groups in total. The largest absolute Gasteiger partial charge is 0.389 e. The van der Waals surface area contributed by atoms with Crippen LogP contribution in [0.5, 0.6) is 0 Å². The molecule has 3 nitrogen and oxygen atoms in total. The van der Waals surface area contributed by atoms with Crippen LogP contribution in [-0.2, 0) is 0 Å². The molecule has 0 bridgehead atoms. The third kappa shape index (κ3) is 2.51. The van der Waals surface area contributed by atoms with Crippen LogP contribution in [0, 0.1) is 6.92 Å². The molecule has 0 spiro atoms. The first-order valence-corrected chi connectivity index (χ1v) is 6.03. The summed E-state index contributed by atoms with van der Waals surface area (Å²) in [7, 11) is 1.99. The summed E-state index contributed by atoms with van der Waals surface area (Å²) in [5.41, 5.74) is 3.02. The van der Waals surface area contributed by atoms with E-state index in [4.69, 9.17) is 0 Å². The zero-order chi connectivity index (χ0) is 13.1. The third-order valence-electron chi connectivity index (χ3n) is 3.07. The van der Waals surface area contributed by atoms with E-state index in [0.29, 0.717) is 0 Å². The predicted molar refractivity (Wildman–Crippen MR) is 74.1 cm³/mol. The van der Waals surface area contributed by atoms with Gasteiger partial charge in [0.25, 0.3) is 0 Å². The number of nitrogens with zero attached hydrogens (tertiary/aromatic N) is 2. The van der Waals surface area contributed by atoms with Gasteiger partial charge in [-0.15, -0.1) is 0 Å². The first kappa shape index (κ1) is 12.6. The Morgan fingerprint density at radius 3 is 2.44 bits per heavy atom. The second-order valence-corrected chi connectivity index (χ2v) is 4.47. The van der Waals surface area contributed by atoms with E-state index in [0.717, 1.165) is 22.6 Å². The van der Waals surface area contributed by atoms with Gasteiger partial charge in [0.05, 0.1) is 6.10 Å². The number of rotatable bonds is 3. The number of aromatic nitrogens is 1. The molecular formula is C15H18N2O. The summed E-state index contributed by atoms with van der Waals surface area (Å²) < 4.78 is 0. The van der Waals surface area contributed by atoms with Crippen LogP contribution in [0.2, 0.25) is 0 Å². The van der Waals surface area contributed by atoms with Crippen molar-refractivity contribution in [2.45, 2.75) is 20.0 Å². The number of aliphatic hydroxyl groups is 1. The van der Waals surface area contributed by atoms with Gasteiger partial charge in [-0.2, -0.15) is 0 Å². The van der Waals surface area contributed by atoms with Gasteiger partial charge in [0.1, 0.15) is 5.82 Å². The fourth-order valence-corrected chi connectivity index (χ4v) is 1.96. The zero-order valence-corrected chi connectivity index (χ0v) is 11.0. The Labute approximate surface area is 108 Å². The smallest absolute Gasteiger partial charge is 0.132 e. The number of hydrogen-bond donors (Lipinski definition) is 1. The summed E-state index contributed by atoms with van der Waals surface area (Å²) >= 11 is 0. The zero-order valence-electron chi connectivity index (χ0n) is 11.0. The molecule has 2 aromatic rings. The van der Waals surface area contributed by atoms with Crippen molar-refractivity contribution in [1.29, 1.82) is 0 Å². The molecule has 3 heteroatoms. The Bertz CT molecular complexity index is 523. The Morgan fingerprint density at radius 1 is 1.22 bits per heavy atom. The van der Waals surface area contributed by atoms with Gasteiger partial charge in [0.2, 0.25) is 0 Å². The quantitative estimate of drug-likeness (QED) is 0.897. The van der Waals surface area contributed by atoms with Gasteiger partial charge >= 0.3 is 0 Å². The van der Waals surface area contributed by atoms with Gasteiger partial charge in [0, 0.05) is 24.5 Å². The van der Waals surface area contributed by atoms with Gasteiger partial charge in [-0.3, -0.25) is 0 Å². The number of hydrogen-bond acceptors (Lipinski definition) is 3. The average molecular weight is 242 g/mol. The molecule has 18 heavy (non-hydrogen) atoms. The standard InChI is InChI=1S/C15H18N2O/c1-11-9-15(16-10-14(11)12(2)18)17(3)13-7-5-4-6-8-13/h4-10,12,18H,1-3H3/t12-/m0/s1. The van der Waals surface area contributed by atoms with Crippen molar-refractivity contribution in [2.24, 2.45) is 0 Å². The molecule has 94 valence electrons. The van der Waals surface area contributed by atoms with Crippen LogP contribution in [0.15, 0.2) is 42.6 Å². The molecule has 0 fully saturated rings. The van der Waals surface area contributed by atoms with Gasteiger partial charge in [-0.1, -0.05) is 18.2 Å². The molecule has 0 unspecified atom stereocenters. The predicted octanol–water partition coefficient (Wildman–Crippen LogP) is 3.21. The SMILES string of the molecule is Cc1cc(N(C)c2ccccc2)ncc1[C@H](C)O. The molecular weight excluding hydrogens is 224 g/mol. The minimum Gasteiger partial charge on any atom is -0.389 e. The van der Waals surface area contributed by atoms with Crippen LogP contribution < -0.4 is 4.90 Å². The lowest BCUT2D eigenvalue weighted by molar-refractivity contribution is 0.198. The fourth-order valence-electron chi connectivity index (χ4n) is 1.96. The topological polar surface area (TPSA) is 36.4 Å². The Balaban J connectivity index is 2.32. The fraction of sp³-hybridized carbons (Fsp3) is 0.267. The maximum atomic E-state index is 9.60. The summed E-state index contributed by atoms with van der Waals surface area (Å²) in [6, 6.07) is 12.1. The molecule has 1 aromatic heterocycles. The highest BCUT2D eigenvalue weighted by Gasteiger charge is 2.09. The Hall–Kier alpha value is -1.87. The maximum Gasteiger partial charge on any atom is 0.132 e. The van der Waals surface area contributed by atoms with E-state index >= 15 is 0 Å². The van der Waals surface area contributed by atoms with Crippen LogP contribution in [-0.4, -0.2) is 17.1 Å². The number of para-hydroxylation sites is 1. The van der Waals surface area contributed by atoms with E-state index in [1.54, 1.807) is 13.1 Å². The molecule has 1 atom stereocenters. The molecule has 0 radical (unpaired) electrons. The van der Waals surface area contributed by atoms with E-state index in [2.05, 4.69) is 4.98 Å². The van der Waals surface area contributed by atoms with E-state index in [1.807, 2.05) is 55.3 Å². The highest BCUT2D eigenvalue weighted by Crippen LogP contribution is 2.24. The lowest BCUT2D eigenvalue weighted by Crippen LogP contribution is -2.12. The van der Waals surface area contributed by atoms with E-state index in [9.17, 15) is 5.11 Å².